The van der Waals surface area contributed by atoms with Gasteiger partial charge in [-0.05, 0) is 31.2 Å². The van der Waals surface area contributed by atoms with Crippen LogP contribution in [0.15, 0.2) is 42.5 Å². The van der Waals surface area contributed by atoms with Gasteiger partial charge in [-0.15, -0.1) is 0 Å². The number of rotatable bonds is 3. The number of anilines is 1. The smallest absolute Gasteiger partial charge is 0.259 e. The monoisotopic (exact) mass is 378 g/mol. The molecule has 2 aromatic rings. The van der Waals surface area contributed by atoms with Gasteiger partial charge in [-0.25, -0.2) is 0 Å². The maximum Gasteiger partial charge on any atom is 0.259 e. The fraction of sp³-hybridized carbons (Fsp3) is 0.316. The zero-order valence-electron chi connectivity index (χ0n) is 14.2. The molecule has 0 spiro atoms. The molecule has 1 aliphatic heterocycles. The molecule has 0 N–H and O–H groups in total. The maximum atomic E-state index is 13.0. The molecule has 1 heterocycles. The van der Waals surface area contributed by atoms with Gasteiger partial charge in [0.25, 0.3) is 5.91 Å². The molecule has 1 aliphatic rings. The second-order valence-electron chi connectivity index (χ2n) is 6.07. The first-order valence-electron chi connectivity index (χ1n) is 8.16. The number of carbonyl (C=O) groups is 1. The third-order valence-electron chi connectivity index (χ3n) is 4.48. The molecule has 1 fully saturated rings. The summed E-state index contributed by atoms with van der Waals surface area (Å²) in [5.41, 5.74) is 1.50. The first-order valence-corrected chi connectivity index (χ1v) is 8.91. The predicted octanol–water partition coefficient (Wildman–Crippen LogP) is 4.35. The van der Waals surface area contributed by atoms with Gasteiger partial charge in [-0.2, -0.15) is 0 Å². The van der Waals surface area contributed by atoms with Crippen LogP contribution in [-0.4, -0.2) is 43.6 Å². The van der Waals surface area contributed by atoms with Crippen molar-refractivity contribution in [2.45, 2.75) is 13.0 Å². The van der Waals surface area contributed by atoms with E-state index in [2.05, 4.69) is 24.0 Å². The first-order chi connectivity index (χ1) is 12.0. The fourth-order valence-electron chi connectivity index (χ4n) is 3.24. The average Bonchev–Trinajstić information content (AvgIpc) is 2.63. The molecule has 4 nitrogen and oxygen atoms in total. The van der Waals surface area contributed by atoms with E-state index in [9.17, 15) is 4.79 Å². The number of ether oxygens (including phenoxy) is 1. The van der Waals surface area contributed by atoms with Crippen LogP contribution in [0.1, 0.15) is 17.3 Å². The van der Waals surface area contributed by atoms with Crippen LogP contribution in [-0.2, 0) is 0 Å². The van der Waals surface area contributed by atoms with Crippen LogP contribution in [0.2, 0.25) is 10.0 Å². The lowest BCUT2D eigenvalue weighted by Crippen LogP contribution is -2.53. The Labute approximate surface area is 157 Å². The molecule has 132 valence electrons. The number of hydrogen-bond acceptors (Lipinski definition) is 3. The Bertz CT molecular complexity index is 768. The third-order valence-corrected chi connectivity index (χ3v) is 5.09. The summed E-state index contributed by atoms with van der Waals surface area (Å²) >= 11 is 12.4. The van der Waals surface area contributed by atoms with Crippen LogP contribution in [0.4, 0.5) is 5.69 Å². The van der Waals surface area contributed by atoms with Crippen LogP contribution in [0.25, 0.3) is 0 Å². The molecule has 0 aliphatic carbocycles. The van der Waals surface area contributed by atoms with Crippen molar-refractivity contribution in [2.24, 2.45) is 0 Å². The number of carbonyl (C=O) groups excluding carboxylic acids is 1. The summed E-state index contributed by atoms with van der Waals surface area (Å²) in [5.74, 6) is 0.182. The Morgan fingerprint density at radius 2 is 1.76 bits per heavy atom. The number of amides is 1. The number of nitrogens with zero attached hydrogens (tertiary/aromatic N) is 2. The highest BCUT2D eigenvalue weighted by molar-refractivity contribution is 6.37. The van der Waals surface area contributed by atoms with Gasteiger partial charge in [-0.3, -0.25) is 4.79 Å². The molecule has 0 bridgehead atoms. The van der Waals surface area contributed by atoms with Gasteiger partial charge in [0.05, 0.1) is 17.2 Å². The van der Waals surface area contributed by atoms with Gasteiger partial charge >= 0.3 is 0 Å². The second kappa shape index (κ2) is 7.54. The molecule has 3 rings (SSSR count). The standard InChI is InChI=1S/C19H20Cl2N2O2/c1-13-12-22(10-11-23(13)14-6-4-3-5-7-14)19(24)17-15(20)8-9-16(21)18(17)25-2/h3-9,13H,10-12H2,1-2H3. The minimum absolute atomic E-state index is 0.149. The summed E-state index contributed by atoms with van der Waals surface area (Å²) in [7, 11) is 1.49. The molecule has 0 saturated carbocycles. The van der Waals surface area contributed by atoms with Gasteiger partial charge in [-0.1, -0.05) is 41.4 Å². The highest BCUT2D eigenvalue weighted by Gasteiger charge is 2.30. The van der Waals surface area contributed by atoms with E-state index < -0.39 is 0 Å². The summed E-state index contributed by atoms with van der Waals surface area (Å²) in [4.78, 5) is 17.1. The van der Waals surface area contributed by atoms with Crippen molar-refractivity contribution in [1.29, 1.82) is 0 Å². The van der Waals surface area contributed by atoms with Crippen molar-refractivity contribution in [3.8, 4) is 5.75 Å². The van der Waals surface area contributed by atoms with Gasteiger partial charge < -0.3 is 14.5 Å². The second-order valence-corrected chi connectivity index (χ2v) is 6.88. The quantitative estimate of drug-likeness (QED) is 0.795. The largest absolute Gasteiger partial charge is 0.494 e. The van der Waals surface area contributed by atoms with E-state index >= 15 is 0 Å². The first kappa shape index (κ1) is 17.9. The molecule has 25 heavy (non-hydrogen) atoms. The van der Waals surface area contributed by atoms with Crippen molar-refractivity contribution in [1.82, 2.24) is 4.90 Å². The van der Waals surface area contributed by atoms with Crippen LogP contribution < -0.4 is 9.64 Å². The van der Waals surface area contributed by atoms with E-state index in [-0.39, 0.29) is 11.9 Å². The van der Waals surface area contributed by atoms with Crippen molar-refractivity contribution in [3.63, 3.8) is 0 Å². The minimum Gasteiger partial charge on any atom is -0.494 e. The molecular weight excluding hydrogens is 359 g/mol. The van der Waals surface area contributed by atoms with Gasteiger partial charge in [0.1, 0.15) is 5.56 Å². The number of para-hydroxylation sites is 1. The van der Waals surface area contributed by atoms with Crippen LogP contribution in [0, 0.1) is 0 Å². The number of halogens is 2. The van der Waals surface area contributed by atoms with Crippen molar-refractivity contribution in [2.75, 3.05) is 31.6 Å². The van der Waals surface area contributed by atoms with E-state index in [4.69, 9.17) is 27.9 Å². The predicted molar refractivity (Wildman–Crippen MR) is 102 cm³/mol. The molecule has 1 saturated heterocycles. The minimum atomic E-state index is -0.149. The number of piperazine rings is 1. The van der Waals surface area contributed by atoms with E-state index in [0.29, 0.717) is 34.4 Å². The van der Waals surface area contributed by atoms with Crippen molar-refractivity contribution in [3.05, 3.63) is 58.1 Å². The molecule has 1 amide bonds. The van der Waals surface area contributed by atoms with Crippen molar-refractivity contribution >= 4 is 34.8 Å². The summed E-state index contributed by atoms with van der Waals surface area (Å²) in [6, 6.07) is 13.7. The van der Waals surface area contributed by atoms with E-state index in [1.165, 1.54) is 12.8 Å². The van der Waals surface area contributed by atoms with Crippen LogP contribution >= 0.6 is 23.2 Å². The molecule has 0 aromatic heterocycles. The number of methoxy groups -OCH3 is 1. The summed E-state index contributed by atoms with van der Waals surface area (Å²) in [6.07, 6.45) is 0. The zero-order valence-corrected chi connectivity index (χ0v) is 15.7. The average molecular weight is 379 g/mol. The molecule has 1 atom stereocenters. The summed E-state index contributed by atoms with van der Waals surface area (Å²) in [6.45, 7) is 4.10. The lowest BCUT2D eigenvalue weighted by Gasteiger charge is -2.41. The van der Waals surface area contributed by atoms with Gasteiger partial charge in [0.2, 0.25) is 0 Å². The van der Waals surface area contributed by atoms with E-state index in [1.54, 1.807) is 12.1 Å². The molecule has 1 unspecified atom stereocenters. The Kier molecular flexibility index (Phi) is 5.40. The topological polar surface area (TPSA) is 32.8 Å². The lowest BCUT2D eigenvalue weighted by atomic mass is 10.1. The Morgan fingerprint density at radius 1 is 1.08 bits per heavy atom. The summed E-state index contributed by atoms with van der Waals surface area (Å²) < 4.78 is 5.31. The lowest BCUT2D eigenvalue weighted by molar-refractivity contribution is 0.0723. The molecular formula is C19H20Cl2N2O2. The molecule has 0 radical (unpaired) electrons. The third kappa shape index (κ3) is 3.55. The van der Waals surface area contributed by atoms with E-state index in [1.807, 2.05) is 23.1 Å². The summed E-state index contributed by atoms with van der Waals surface area (Å²) in [5, 5.41) is 0.732. The van der Waals surface area contributed by atoms with Crippen LogP contribution in [0.3, 0.4) is 0 Å². The SMILES string of the molecule is COc1c(Cl)ccc(Cl)c1C(=O)N1CCN(c2ccccc2)C(C)C1. The normalized spacial score (nSPS) is 17.5. The van der Waals surface area contributed by atoms with Gasteiger partial charge in [0.15, 0.2) is 5.75 Å². The Morgan fingerprint density at radius 3 is 2.40 bits per heavy atom. The fourth-order valence-corrected chi connectivity index (χ4v) is 3.70. The van der Waals surface area contributed by atoms with E-state index in [0.717, 1.165) is 6.54 Å². The number of hydrogen-bond donors (Lipinski definition) is 0. The maximum absolute atomic E-state index is 13.0. The highest BCUT2D eigenvalue weighted by Crippen LogP contribution is 2.35. The van der Waals surface area contributed by atoms with Crippen molar-refractivity contribution < 1.29 is 9.53 Å². The highest BCUT2D eigenvalue weighted by atomic mass is 35.5. The van der Waals surface area contributed by atoms with Crippen LogP contribution in [0.5, 0.6) is 5.75 Å². The van der Waals surface area contributed by atoms with Gasteiger partial charge in [0, 0.05) is 31.4 Å². The zero-order chi connectivity index (χ0) is 18.0. The molecule has 2 aromatic carbocycles. The molecule has 6 heteroatoms. The Balaban J connectivity index is 1.81. The Hall–Kier alpha value is -1.91. The number of benzene rings is 2.